The van der Waals surface area contributed by atoms with Crippen molar-refractivity contribution in [2.75, 3.05) is 67.6 Å². The van der Waals surface area contributed by atoms with Gasteiger partial charge < -0.3 is 57.3 Å². The number of hydrogen-bond acceptors (Lipinski definition) is 8. The van der Waals surface area contributed by atoms with Crippen LogP contribution in [0.1, 0.15) is 254 Å². The minimum Gasteiger partial charge on any atom is -1.00 e. The van der Waals surface area contributed by atoms with Crippen LogP contribution in [0.2, 0.25) is 0 Å². The molecule has 0 unspecified atom stereocenters. The third-order valence-electron chi connectivity index (χ3n) is 12.4. The van der Waals surface area contributed by atoms with Crippen LogP contribution in [-0.4, -0.2) is 107 Å². The number of ether oxygens (including phenoxy) is 4. The van der Waals surface area contributed by atoms with E-state index in [0.29, 0.717) is 32.5 Å². The molecule has 0 saturated carbocycles. The summed E-state index contributed by atoms with van der Waals surface area (Å²) < 4.78 is 23.5. The van der Waals surface area contributed by atoms with Gasteiger partial charge in [0.05, 0.1) is 41.3 Å². The highest BCUT2D eigenvalue weighted by atomic mass is 79.9. The zero-order valence-electron chi connectivity index (χ0n) is 42.8. The number of carbonyl (C=O) groups excluding carboxylic acids is 4. The number of halogens is 2. The Bertz CT molecular complexity index is 1030. The number of carbonyl (C=O) groups is 4. The van der Waals surface area contributed by atoms with E-state index in [1.54, 1.807) is 0 Å². The highest BCUT2D eigenvalue weighted by Crippen LogP contribution is 2.18. The number of quaternary nitrogens is 2. The van der Waals surface area contributed by atoms with E-state index in [-0.39, 0.29) is 68.1 Å². The van der Waals surface area contributed by atoms with Gasteiger partial charge in [-0.2, -0.15) is 0 Å². The Hall–Kier alpha value is -1.43. The van der Waals surface area contributed by atoms with Crippen molar-refractivity contribution in [2.24, 2.45) is 0 Å². The molecule has 398 valence electrons. The molecule has 0 fully saturated rings. The van der Waals surface area contributed by atoms with Crippen LogP contribution in [0.25, 0.3) is 0 Å². The standard InChI is InChI=1S/C52H102N2O8.2CH4.BrH.ClH/c1-8-9-10-11-12-13-14-15-16-21-26-31-36-41-52(61-50(57)39-34-29-24-19-17-22-27-32-37-42-53(4,5)44-46-59-48(2)55)62-51(58)40-35-30-25-20-18-23-28-33-38-43-54(6,7)45-47-60-49(3)56;;;;/h52H,8-47H2,1-7H3;2*1H4;2*1H/q+2;;;;/p-2. The zero-order valence-corrected chi connectivity index (χ0v) is 45.1. The van der Waals surface area contributed by atoms with Crippen molar-refractivity contribution in [2.45, 2.75) is 260 Å². The second kappa shape index (κ2) is 51.4. The predicted octanol–water partition coefficient (Wildman–Crippen LogP) is 8.24. The van der Waals surface area contributed by atoms with Gasteiger partial charge in [0, 0.05) is 33.1 Å². The van der Waals surface area contributed by atoms with Crippen LogP contribution in [0.15, 0.2) is 0 Å². The van der Waals surface area contributed by atoms with E-state index in [1.807, 2.05) is 0 Å². The number of nitrogens with zero attached hydrogens (tertiary/aromatic N) is 2. The van der Waals surface area contributed by atoms with Crippen molar-refractivity contribution >= 4 is 23.9 Å². The zero-order chi connectivity index (χ0) is 46.0. The van der Waals surface area contributed by atoms with Crippen LogP contribution in [0.3, 0.4) is 0 Å². The van der Waals surface area contributed by atoms with Crippen LogP contribution in [0.4, 0.5) is 0 Å². The van der Waals surface area contributed by atoms with Gasteiger partial charge >= 0.3 is 23.9 Å². The minimum absolute atomic E-state index is 0. The van der Waals surface area contributed by atoms with Crippen LogP contribution >= 0.6 is 0 Å². The Morgan fingerprint density at radius 1 is 0.394 bits per heavy atom. The number of rotatable bonds is 46. The van der Waals surface area contributed by atoms with Crippen LogP contribution in [-0.2, 0) is 38.1 Å². The molecule has 0 radical (unpaired) electrons. The molecule has 0 aromatic rings. The number of esters is 4. The molecule has 12 heteroatoms. The van der Waals surface area contributed by atoms with Crippen LogP contribution < -0.4 is 29.4 Å². The maximum absolute atomic E-state index is 12.9. The first-order chi connectivity index (χ1) is 29.8. The number of unbranched alkanes of at least 4 members (excludes halogenated alkanes) is 28. The summed E-state index contributed by atoms with van der Waals surface area (Å²) in [5, 5.41) is 0. The first-order valence-electron chi connectivity index (χ1n) is 26.1. The van der Waals surface area contributed by atoms with Gasteiger partial charge in [0.1, 0.15) is 26.3 Å². The highest BCUT2D eigenvalue weighted by Gasteiger charge is 2.19. The van der Waals surface area contributed by atoms with Crippen molar-refractivity contribution in [3.05, 3.63) is 0 Å². The third-order valence-corrected chi connectivity index (χ3v) is 12.4. The predicted molar refractivity (Wildman–Crippen MR) is 269 cm³/mol. The smallest absolute Gasteiger partial charge is 0.308 e. The number of hydrogen-bond donors (Lipinski definition) is 0. The molecule has 66 heavy (non-hydrogen) atoms. The molecule has 0 spiro atoms. The molecular formula is C54H110BrClN2O8. The lowest BCUT2D eigenvalue weighted by Gasteiger charge is -2.29. The van der Waals surface area contributed by atoms with E-state index >= 15 is 0 Å². The molecule has 0 atom stereocenters. The molecule has 0 amide bonds. The molecule has 0 aliphatic carbocycles. The monoisotopic (exact) mass is 1030 g/mol. The summed E-state index contributed by atoms with van der Waals surface area (Å²) in [5.41, 5.74) is 0. The van der Waals surface area contributed by atoms with Gasteiger partial charge in [-0.3, -0.25) is 19.2 Å². The lowest BCUT2D eigenvalue weighted by atomic mass is 10.0. The van der Waals surface area contributed by atoms with Gasteiger partial charge in [-0.15, -0.1) is 0 Å². The summed E-state index contributed by atoms with van der Waals surface area (Å²) in [6.45, 7) is 10.1. The minimum atomic E-state index is -0.765. The highest BCUT2D eigenvalue weighted by molar-refractivity contribution is 5.71. The lowest BCUT2D eigenvalue weighted by Crippen LogP contribution is -3.00. The van der Waals surface area contributed by atoms with Gasteiger partial charge in [-0.25, -0.2) is 0 Å². The van der Waals surface area contributed by atoms with Crippen molar-refractivity contribution in [3.8, 4) is 0 Å². The molecule has 0 aromatic carbocycles. The first-order valence-corrected chi connectivity index (χ1v) is 26.1. The molecule has 0 aliphatic heterocycles. The summed E-state index contributed by atoms with van der Waals surface area (Å²) in [5.74, 6) is -0.899. The maximum Gasteiger partial charge on any atom is 0.308 e. The Morgan fingerprint density at radius 3 is 0.939 bits per heavy atom. The quantitative estimate of drug-likeness (QED) is 0.0198. The summed E-state index contributed by atoms with van der Waals surface area (Å²) in [6.07, 6.45) is 37.8. The van der Waals surface area contributed by atoms with Crippen LogP contribution in [0, 0.1) is 0 Å². The van der Waals surface area contributed by atoms with Gasteiger partial charge in [0.25, 0.3) is 0 Å². The van der Waals surface area contributed by atoms with Crippen molar-refractivity contribution in [3.63, 3.8) is 0 Å². The Labute approximate surface area is 426 Å². The van der Waals surface area contributed by atoms with Gasteiger partial charge in [0.15, 0.2) is 0 Å². The van der Waals surface area contributed by atoms with Crippen molar-refractivity contribution in [1.82, 2.24) is 0 Å². The average molecular weight is 1030 g/mol. The molecule has 0 saturated heterocycles. The van der Waals surface area contributed by atoms with E-state index in [4.69, 9.17) is 18.9 Å². The fourth-order valence-electron chi connectivity index (χ4n) is 8.07. The topological polar surface area (TPSA) is 105 Å². The molecule has 0 bridgehead atoms. The van der Waals surface area contributed by atoms with Crippen LogP contribution in [0.5, 0.6) is 0 Å². The summed E-state index contributed by atoms with van der Waals surface area (Å²) >= 11 is 0. The van der Waals surface area contributed by atoms with E-state index < -0.39 is 6.29 Å². The van der Waals surface area contributed by atoms with E-state index in [2.05, 4.69) is 35.1 Å². The number of likely N-dealkylation sites (N-methyl/N-ethyl adjacent to an activating group) is 2. The van der Waals surface area contributed by atoms with Crippen molar-refractivity contribution < 1.29 is 76.5 Å². The largest absolute Gasteiger partial charge is 1.00 e. The summed E-state index contributed by atoms with van der Waals surface area (Å²) in [6, 6.07) is 0. The van der Waals surface area contributed by atoms with Gasteiger partial charge in [-0.1, -0.05) is 176 Å². The average Bonchev–Trinajstić information content (AvgIpc) is 3.20. The fraction of sp³-hybridized carbons (Fsp3) is 0.926. The molecule has 10 nitrogen and oxygen atoms in total. The molecule has 0 N–H and O–H groups in total. The van der Waals surface area contributed by atoms with E-state index in [0.717, 1.165) is 86.5 Å². The fourth-order valence-corrected chi connectivity index (χ4v) is 8.07. The third kappa shape index (κ3) is 55.2. The molecule has 0 aromatic heterocycles. The summed E-state index contributed by atoms with van der Waals surface area (Å²) in [4.78, 5) is 47.7. The lowest BCUT2D eigenvalue weighted by molar-refractivity contribution is -0.890. The summed E-state index contributed by atoms with van der Waals surface area (Å²) in [7, 11) is 8.79. The molecular weight excluding hydrogens is 920 g/mol. The molecule has 0 aliphatic rings. The van der Waals surface area contributed by atoms with E-state index in [1.165, 1.54) is 162 Å². The van der Waals surface area contributed by atoms with Gasteiger partial charge in [0.2, 0.25) is 6.29 Å². The van der Waals surface area contributed by atoms with Gasteiger partial charge in [-0.05, 0) is 44.9 Å². The normalized spacial score (nSPS) is 11.2. The van der Waals surface area contributed by atoms with Crippen molar-refractivity contribution in [1.29, 1.82) is 0 Å². The molecule has 0 heterocycles. The SMILES string of the molecule is C.C.CCCCCCCCCCCCCCCC(OC(=O)CCCCCCCCCCC[N+](C)(C)CCOC(C)=O)OC(=O)CCCCCCCCCCC[N+](C)(C)CCOC(C)=O.[Br-].[Cl-]. The molecule has 0 rings (SSSR count). The Balaban J connectivity index is -0.00000310. The Kier molecular flexibility index (Phi) is 57.3. The maximum atomic E-state index is 12.9. The van der Waals surface area contributed by atoms with E-state index in [9.17, 15) is 19.2 Å². The Morgan fingerprint density at radius 2 is 0.652 bits per heavy atom. The second-order valence-electron chi connectivity index (χ2n) is 19.8. The first kappa shape index (κ1) is 73.5. The second-order valence-corrected chi connectivity index (χ2v) is 19.8.